The molecule has 4 nitrogen and oxygen atoms in total. The molecule has 0 saturated heterocycles. The number of rotatable bonds is 5. The summed E-state index contributed by atoms with van der Waals surface area (Å²) in [7, 11) is 0. The van der Waals surface area contributed by atoms with Gasteiger partial charge in [0.25, 0.3) is 0 Å². The predicted molar refractivity (Wildman–Crippen MR) is 64.2 cm³/mol. The van der Waals surface area contributed by atoms with E-state index in [1.807, 2.05) is 30.3 Å². The summed E-state index contributed by atoms with van der Waals surface area (Å²) in [5, 5.41) is 11.4. The van der Waals surface area contributed by atoms with Crippen LogP contribution >= 0.6 is 0 Å². The molecule has 0 spiro atoms. The highest BCUT2D eigenvalue weighted by molar-refractivity contribution is 5.95. The number of carbonyl (C=O) groups is 2. The van der Waals surface area contributed by atoms with E-state index in [2.05, 4.69) is 11.9 Å². The second-order valence-electron chi connectivity index (χ2n) is 3.76. The van der Waals surface area contributed by atoms with E-state index in [0.717, 1.165) is 5.56 Å². The molecule has 1 aromatic rings. The van der Waals surface area contributed by atoms with Gasteiger partial charge in [0.2, 0.25) is 5.91 Å². The number of carboxylic acid groups (broad SMARTS) is 1. The Bertz CT molecular complexity index is 426. The molecular formula is C13H15NO3. The molecule has 0 saturated carbocycles. The lowest BCUT2D eigenvalue weighted by atomic mass is 10.0. The standard InChI is InChI=1S/C13H15NO3/c1-9(10(2)13(16)17)12(15)14-8-11-6-4-3-5-7-11/h3-7,9H,2,8H2,1H3,(H,14,15)(H,16,17). The Morgan fingerprint density at radius 3 is 2.47 bits per heavy atom. The first-order valence-corrected chi connectivity index (χ1v) is 5.26. The fourth-order valence-corrected chi connectivity index (χ4v) is 1.28. The summed E-state index contributed by atoms with van der Waals surface area (Å²) in [4.78, 5) is 22.3. The molecule has 2 N–H and O–H groups in total. The van der Waals surface area contributed by atoms with Crippen LogP contribution in [0.2, 0.25) is 0 Å². The van der Waals surface area contributed by atoms with Gasteiger partial charge >= 0.3 is 5.97 Å². The average molecular weight is 233 g/mol. The number of carboxylic acids is 1. The third-order valence-electron chi connectivity index (χ3n) is 2.50. The van der Waals surface area contributed by atoms with Crippen molar-refractivity contribution in [2.75, 3.05) is 0 Å². The molecule has 0 aliphatic carbocycles. The van der Waals surface area contributed by atoms with Gasteiger partial charge in [0.1, 0.15) is 0 Å². The van der Waals surface area contributed by atoms with Crippen LogP contribution < -0.4 is 5.32 Å². The predicted octanol–water partition coefficient (Wildman–Crippen LogP) is 1.58. The van der Waals surface area contributed by atoms with E-state index in [4.69, 9.17) is 5.11 Å². The van der Waals surface area contributed by atoms with Crippen molar-refractivity contribution < 1.29 is 14.7 Å². The smallest absolute Gasteiger partial charge is 0.331 e. The summed E-state index contributed by atoms with van der Waals surface area (Å²) in [6.07, 6.45) is 0. The lowest BCUT2D eigenvalue weighted by molar-refractivity contribution is -0.135. The number of amides is 1. The van der Waals surface area contributed by atoms with Gasteiger partial charge in [-0.2, -0.15) is 0 Å². The van der Waals surface area contributed by atoms with Gasteiger partial charge < -0.3 is 10.4 Å². The van der Waals surface area contributed by atoms with Crippen LogP contribution in [0.1, 0.15) is 12.5 Å². The second kappa shape index (κ2) is 5.84. The summed E-state index contributed by atoms with van der Waals surface area (Å²) >= 11 is 0. The molecule has 1 amide bonds. The Morgan fingerprint density at radius 2 is 1.94 bits per heavy atom. The summed E-state index contributed by atoms with van der Waals surface area (Å²) in [6, 6.07) is 9.41. The second-order valence-corrected chi connectivity index (χ2v) is 3.76. The van der Waals surface area contributed by atoms with Gasteiger partial charge in [-0.1, -0.05) is 36.9 Å². The molecule has 90 valence electrons. The third-order valence-corrected chi connectivity index (χ3v) is 2.50. The first-order chi connectivity index (χ1) is 8.02. The van der Waals surface area contributed by atoms with Crippen molar-refractivity contribution in [1.82, 2.24) is 5.32 Å². The monoisotopic (exact) mass is 233 g/mol. The molecule has 0 fully saturated rings. The van der Waals surface area contributed by atoms with Crippen LogP contribution in [0.3, 0.4) is 0 Å². The van der Waals surface area contributed by atoms with Crippen LogP contribution in [0.5, 0.6) is 0 Å². The van der Waals surface area contributed by atoms with Gasteiger partial charge in [0, 0.05) is 12.1 Å². The SMILES string of the molecule is C=C(C(=O)O)C(C)C(=O)NCc1ccccc1. The highest BCUT2D eigenvalue weighted by Crippen LogP contribution is 2.08. The van der Waals surface area contributed by atoms with Crippen LogP contribution in [-0.2, 0) is 16.1 Å². The van der Waals surface area contributed by atoms with E-state index in [1.54, 1.807) is 0 Å². The Hall–Kier alpha value is -2.10. The van der Waals surface area contributed by atoms with E-state index >= 15 is 0 Å². The summed E-state index contributed by atoms with van der Waals surface area (Å²) in [5.41, 5.74) is 0.865. The van der Waals surface area contributed by atoms with Crippen molar-refractivity contribution >= 4 is 11.9 Å². The molecule has 0 aromatic heterocycles. The summed E-state index contributed by atoms with van der Waals surface area (Å²) in [5.74, 6) is -2.20. The molecular weight excluding hydrogens is 218 g/mol. The lowest BCUT2D eigenvalue weighted by Gasteiger charge is -2.11. The van der Waals surface area contributed by atoms with Gasteiger partial charge in [0.05, 0.1) is 5.92 Å². The van der Waals surface area contributed by atoms with E-state index in [9.17, 15) is 9.59 Å². The van der Waals surface area contributed by atoms with Crippen LogP contribution in [0.15, 0.2) is 42.5 Å². The number of aliphatic carboxylic acids is 1. The van der Waals surface area contributed by atoms with Crippen molar-refractivity contribution in [3.63, 3.8) is 0 Å². The first-order valence-electron chi connectivity index (χ1n) is 5.26. The molecule has 1 aromatic carbocycles. The Labute approximate surface area is 100.0 Å². The quantitative estimate of drug-likeness (QED) is 0.759. The lowest BCUT2D eigenvalue weighted by Crippen LogP contribution is -2.31. The van der Waals surface area contributed by atoms with Gasteiger partial charge in [-0.15, -0.1) is 0 Å². The van der Waals surface area contributed by atoms with Gasteiger partial charge in [-0.05, 0) is 12.5 Å². The van der Waals surface area contributed by atoms with E-state index < -0.39 is 11.9 Å². The van der Waals surface area contributed by atoms with Crippen LogP contribution in [0.25, 0.3) is 0 Å². The molecule has 0 bridgehead atoms. The van der Waals surface area contributed by atoms with Crippen molar-refractivity contribution in [1.29, 1.82) is 0 Å². The number of carbonyl (C=O) groups excluding carboxylic acids is 1. The molecule has 0 radical (unpaired) electrons. The Kier molecular flexibility index (Phi) is 4.46. The molecule has 0 heterocycles. The highest BCUT2D eigenvalue weighted by Gasteiger charge is 2.20. The maximum Gasteiger partial charge on any atom is 0.331 e. The molecule has 1 atom stereocenters. The summed E-state index contributed by atoms with van der Waals surface area (Å²) in [6.45, 7) is 5.28. The van der Waals surface area contributed by atoms with Crippen molar-refractivity contribution in [3.8, 4) is 0 Å². The minimum Gasteiger partial charge on any atom is -0.478 e. The van der Waals surface area contributed by atoms with Crippen LogP contribution in [0.4, 0.5) is 0 Å². The number of nitrogens with one attached hydrogen (secondary N) is 1. The molecule has 0 aliphatic heterocycles. The fraction of sp³-hybridized carbons (Fsp3) is 0.231. The molecule has 17 heavy (non-hydrogen) atoms. The van der Waals surface area contributed by atoms with Crippen molar-refractivity contribution in [2.24, 2.45) is 5.92 Å². The van der Waals surface area contributed by atoms with Crippen molar-refractivity contribution in [3.05, 3.63) is 48.0 Å². The highest BCUT2D eigenvalue weighted by atomic mass is 16.4. The molecule has 1 rings (SSSR count). The average Bonchev–Trinajstić information content (AvgIpc) is 2.35. The minimum absolute atomic E-state index is 0.101. The molecule has 4 heteroatoms. The minimum atomic E-state index is -1.15. The largest absolute Gasteiger partial charge is 0.478 e. The van der Waals surface area contributed by atoms with Crippen LogP contribution in [0, 0.1) is 5.92 Å². The normalized spacial score (nSPS) is 11.6. The zero-order valence-corrected chi connectivity index (χ0v) is 9.64. The van der Waals surface area contributed by atoms with E-state index in [1.165, 1.54) is 6.92 Å². The first kappa shape index (κ1) is 13.0. The topological polar surface area (TPSA) is 66.4 Å². The maximum absolute atomic E-state index is 11.6. The Morgan fingerprint density at radius 1 is 1.35 bits per heavy atom. The van der Waals surface area contributed by atoms with E-state index in [0.29, 0.717) is 6.54 Å². The Balaban J connectivity index is 2.50. The fourth-order valence-electron chi connectivity index (χ4n) is 1.28. The summed E-state index contributed by atoms with van der Waals surface area (Å²) < 4.78 is 0. The third kappa shape index (κ3) is 3.75. The zero-order valence-electron chi connectivity index (χ0n) is 9.64. The number of hydrogen-bond donors (Lipinski definition) is 2. The van der Waals surface area contributed by atoms with Gasteiger partial charge in [-0.25, -0.2) is 4.79 Å². The van der Waals surface area contributed by atoms with Gasteiger partial charge in [0.15, 0.2) is 0 Å². The zero-order chi connectivity index (χ0) is 12.8. The van der Waals surface area contributed by atoms with Gasteiger partial charge in [-0.3, -0.25) is 4.79 Å². The molecule has 0 aliphatic rings. The number of benzene rings is 1. The van der Waals surface area contributed by atoms with Crippen molar-refractivity contribution in [2.45, 2.75) is 13.5 Å². The maximum atomic E-state index is 11.6. The van der Waals surface area contributed by atoms with Crippen LogP contribution in [-0.4, -0.2) is 17.0 Å². The van der Waals surface area contributed by atoms with E-state index in [-0.39, 0.29) is 11.5 Å². The number of hydrogen-bond acceptors (Lipinski definition) is 2. The molecule has 1 unspecified atom stereocenters.